The fourth-order valence-corrected chi connectivity index (χ4v) is 4.75. The van der Waals surface area contributed by atoms with E-state index in [1.165, 1.54) is 37.4 Å². The second-order valence-electron chi connectivity index (χ2n) is 6.44. The van der Waals surface area contributed by atoms with E-state index in [0.717, 1.165) is 17.0 Å². The molecule has 5 atom stereocenters. The molecule has 3 aliphatic rings. The van der Waals surface area contributed by atoms with Crippen LogP contribution >= 0.6 is 11.8 Å². The van der Waals surface area contributed by atoms with Crippen molar-refractivity contribution in [1.29, 1.82) is 0 Å². The Labute approximate surface area is 118 Å². The van der Waals surface area contributed by atoms with Gasteiger partial charge in [-0.2, -0.15) is 4.99 Å². The van der Waals surface area contributed by atoms with Crippen LogP contribution in [0.15, 0.2) is 4.99 Å². The van der Waals surface area contributed by atoms with Gasteiger partial charge in [0.25, 0.3) is 5.91 Å². The maximum absolute atomic E-state index is 12.1. The van der Waals surface area contributed by atoms with Gasteiger partial charge in [-0.1, -0.05) is 25.1 Å². The Morgan fingerprint density at radius 2 is 2.32 bits per heavy atom. The van der Waals surface area contributed by atoms with Crippen molar-refractivity contribution in [1.82, 2.24) is 5.32 Å². The van der Waals surface area contributed by atoms with Crippen molar-refractivity contribution in [3.63, 3.8) is 0 Å². The van der Waals surface area contributed by atoms with E-state index in [9.17, 15) is 9.90 Å². The number of amidine groups is 1. The van der Waals surface area contributed by atoms with Crippen LogP contribution in [0.25, 0.3) is 0 Å². The number of aliphatic hydroxyl groups excluding tert-OH is 1. The topological polar surface area (TPSA) is 61.7 Å². The molecule has 4 nitrogen and oxygen atoms in total. The zero-order chi connectivity index (χ0) is 13.6. The van der Waals surface area contributed by atoms with Crippen LogP contribution in [0.3, 0.4) is 0 Å². The fraction of sp³-hybridized carbons (Fsp3) is 0.857. The van der Waals surface area contributed by atoms with Crippen LogP contribution < -0.4 is 5.32 Å². The molecular formula is C14H22N2O2S. The molecule has 5 heteroatoms. The quantitative estimate of drug-likeness (QED) is 0.828. The Morgan fingerprint density at radius 3 is 2.89 bits per heavy atom. The molecule has 1 heterocycles. The SMILES string of the molecule is C[C@H](CO)[C@]1(C)SC(N[C@H]2C[C@H]3CC[C@H]2C3)=NC1=O. The van der Waals surface area contributed by atoms with Crippen LogP contribution in [0, 0.1) is 17.8 Å². The van der Waals surface area contributed by atoms with Gasteiger partial charge in [-0.05, 0) is 38.0 Å². The highest BCUT2D eigenvalue weighted by Crippen LogP contribution is 2.46. The Kier molecular flexibility index (Phi) is 3.38. The number of carbonyl (C=O) groups excluding carboxylic acids is 1. The van der Waals surface area contributed by atoms with Gasteiger partial charge in [-0.25, -0.2) is 0 Å². The molecule has 0 radical (unpaired) electrons. The summed E-state index contributed by atoms with van der Waals surface area (Å²) in [4.78, 5) is 16.3. The minimum Gasteiger partial charge on any atom is -0.396 e. The van der Waals surface area contributed by atoms with Crippen LogP contribution in [-0.4, -0.2) is 33.6 Å². The summed E-state index contributed by atoms with van der Waals surface area (Å²) in [5.41, 5.74) is 0. The first-order valence-electron chi connectivity index (χ1n) is 7.22. The van der Waals surface area contributed by atoms with E-state index in [-0.39, 0.29) is 18.4 Å². The minimum absolute atomic E-state index is 0.0200. The molecule has 2 saturated carbocycles. The number of nitrogens with zero attached hydrogens (tertiary/aromatic N) is 1. The standard InChI is InChI=1S/C14H22N2O2S/c1-8(7-17)14(2)12(18)16-13(19-14)15-11-6-9-3-4-10(11)5-9/h8-11,17H,3-7H2,1-2H3,(H,15,16,18)/t8-,9+,10+,11+,14+/m1/s1. The molecule has 3 rings (SSSR count). The molecule has 1 amide bonds. The molecule has 0 aromatic rings. The largest absolute Gasteiger partial charge is 0.396 e. The Hall–Kier alpha value is -0.550. The number of amides is 1. The lowest BCUT2D eigenvalue weighted by atomic mass is 9.95. The second-order valence-corrected chi connectivity index (χ2v) is 7.88. The maximum atomic E-state index is 12.1. The number of thioether (sulfide) groups is 1. The van der Waals surface area contributed by atoms with Crippen molar-refractivity contribution in [3.8, 4) is 0 Å². The van der Waals surface area contributed by atoms with Crippen LogP contribution in [0.4, 0.5) is 0 Å². The molecule has 0 saturated heterocycles. The summed E-state index contributed by atoms with van der Waals surface area (Å²) >= 11 is 1.50. The van der Waals surface area contributed by atoms with Crippen molar-refractivity contribution in [2.75, 3.05) is 6.61 Å². The van der Waals surface area contributed by atoms with Crippen molar-refractivity contribution >= 4 is 22.8 Å². The highest BCUT2D eigenvalue weighted by molar-refractivity contribution is 8.16. The van der Waals surface area contributed by atoms with Gasteiger partial charge in [0.2, 0.25) is 0 Å². The first-order valence-corrected chi connectivity index (χ1v) is 8.04. The Morgan fingerprint density at radius 1 is 1.53 bits per heavy atom. The predicted molar refractivity (Wildman–Crippen MR) is 77.1 cm³/mol. The normalized spacial score (nSPS) is 42.6. The van der Waals surface area contributed by atoms with E-state index in [1.54, 1.807) is 0 Å². The number of fused-ring (bicyclic) bond motifs is 2. The first kappa shape index (κ1) is 13.4. The number of hydrogen-bond acceptors (Lipinski definition) is 4. The monoisotopic (exact) mass is 282 g/mol. The minimum atomic E-state index is -0.602. The number of rotatable bonds is 3. The van der Waals surface area contributed by atoms with Crippen molar-refractivity contribution in [2.24, 2.45) is 22.7 Å². The van der Waals surface area contributed by atoms with E-state index < -0.39 is 4.75 Å². The van der Waals surface area contributed by atoms with E-state index in [0.29, 0.717) is 6.04 Å². The maximum Gasteiger partial charge on any atom is 0.264 e. The van der Waals surface area contributed by atoms with Crippen molar-refractivity contribution in [2.45, 2.75) is 50.3 Å². The molecule has 1 aliphatic heterocycles. The molecule has 2 N–H and O–H groups in total. The first-order chi connectivity index (χ1) is 9.03. The molecule has 2 fully saturated rings. The summed E-state index contributed by atoms with van der Waals surface area (Å²) in [6, 6.07) is 0.504. The summed E-state index contributed by atoms with van der Waals surface area (Å²) in [5.74, 6) is 1.47. The number of nitrogens with one attached hydrogen (secondary N) is 1. The highest BCUT2D eigenvalue weighted by atomic mass is 32.2. The van der Waals surface area contributed by atoms with Gasteiger partial charge in [0, 0.05) is 18.6 Å². The highest BCUT2D eigenvalue weighted by Gasteiger charge is 2.47. The molecule has 0 aromatic carbocycles. The van der Waals surface area contributed by atoms with E-state index in [4.69, 9.17) is 0 Å². The summed E-state index contributed by atoms with van der Waals surface area (Å²) in [6.07, 6.45) is 5.26. The molecule has 2 bridgehead atoms. The van der Waals surface area contributed by atoms with Crippen LogP contribution in [0.2, 0.25) is 0 Å². The third-order valence-electron chi connectivity index (χ3n) is 5.20. The Bertz CT molecular complexity index is 426. The van der Waals surface area contributed by atoms with Gasteiger partial charge in [-0.3, -0.25) is 4.79 Å². The van der Waals surface area contributed by atoms with Gasteiger partial charge in [0.05, 0.1) is 0 Å². The van der Waals surface area contributed by atoms with E-state index in [1.807, 2.05) is 13.8 Å². The van der Waals surface area contributed by atoms with Gasteiger partial charge in [0.1, 0.15) is 4.75 Å². The smallest absolute Gasteiger partial charge is 0.264 e. The molecule has 19 heavy (non-hydrogen) atoms. The predicted octanol–water partition coefficient (Wildman–Crippen LogP) is 1.78. The lowest BCUT2D eigenvalue weighted by Gasteiger charge is -2.27. The summed E-state index contributed by atoms with van der Waals surface area (Å²) < 4.78 is -0.602. The van der Waals surface area contributed by atoms with Gasteiger partial charge >= 0.3 is 0 Å². The molecule has 0 unspecified atom stereocenters. The van der Waals surface area contributed by atoms with Crippen LogP contribution in [0.1, 0.15) is 39.5 Å². The third kappa shape index (κ3) is 2.21. The summed E-state index contributed by atoms with van der Waals surface area (Å²) in [6.45, 7) is 3.81. The van der Waals surface area contributed by atoms with Crippen LogP contribution in [-0.2, 0) is 4.79 Å². The number of aliphatic imine (C=N–C) groups is 1. The van der Waals surface area contributed by atoms with Crippen molar-refractivity contribution in [3.05, 3.63) is 0 Å². The van der Waals surface area contributed by atoms with E-state index in [2.05, 4.69) is 10.3 Å². The number of carbonyl (C=O) groups is 1. The molecule has 0 spiro atoms. The van der Waals surface area contributed by atoms with Gasteiger partial charge in [-0.15, -0.1) is 0 Å². The molecule has 0 aromatic heterocycles. The number of aliphatic hydroxyl groups is 1. The van der Waals surface area contributed by atoms with Crippen LogP contribution in [0.5, 0.6) is 0 Å². The Balaban J connectivity index is 1.65. The lowest BCUT2D eigenvalue weighted by Crippen LogP contribution is -2.39. The van der Waals surface area contributed by atoms with Gasteiger partial charge in [0.15, 0.2) is 5.17 Å². The van der Waals surface area contributed by atoms with E-state index >= 15 is 0 Å². The molecule has 106 valence electrons. The van der Waals surface area contributed by atoms with Gasteiger partial charge < -0.3 is 10.4 Å². The zero-order valence-corrected chi connectivity index (χ0v) is 12.4. The molecule has 2 aliphatic carbocycles. The average Bonchev–Trinajstić information content (AvgIpc) is 3.05. The number of hydrogen-bond donors (Lipinski definition) is 2. The fourth-order valence-electron chi connectivity index (χ4n) is 3.60. The zero-order valence-electron chi connectivity index (χ0n) is 11.6. The molecular weight excluding hydrogens is 260 g/mol. The average molecular weight is 282 g/mol. The summed E-state index contributed by atoms with van der Waals surface area (Å²) in [5, 5.41) is 13.6. The third-order valence-corrected chi connectivity index (χ3v) is 6.60. The van der Waals surface area contributed by atoms with Crippen molar-refractivity contribution < 1.29 is 9.90 Å². The summed E-state index contributed by atoms with van der Waals surface area (Å²) in [7, 11) is 0. The second kappa shape index (κ2) is 4.77. The lowest BCUT2D eigenvalue weighted by molar-refractivity contribution is -0.120.